The summed E-state index contributed by atoms with van der Waals surface area (Å²) in [7, 11) is 0. The van der Waals surface area contributed by atoms with Gasteiger partial charge in [-0.15, -0.1) is 0 Å². The van der Waals surface area contributed by atoms with E-state index in [4.69, 9.17) is 16.6 Å². The largest absolute Gasteiger partial charge is 0.381 e. The molecule has 4 unspecified atom stereocenters. The molecule has 0 spiro atoms. The van der Waals surface area contributed by atoms with Crippen molar-refractivity contribution in [3.63, 3.8) is 0 Å². The van der Waals surface area contributed by atoms with E-state index < -0.39 is 0 Å². The third kappa shape index (κ3) is 6.88. The summed E-state index contributed by atoms with van der Waals surface area (Å²) in [6.45, 7) is 20.9. The van der Waals surface area contributed by atoms with Crippen molar-refractivity contribution in [1.82, 2.24) is 15.2 Å². The van der Waals surface area contributed by atoms with Crippen LogP contribution in [0.25, 0.3) is 33.5 Å². The van der Waals surface area contributed by atoms with E-state index in [1.807, 2.05) is 24.3 Å². The molecule has 3 aromatic carbocycles. The van der Waals surface area contributed by atoms with Crippen molar-refractivity contribution < 1.29 is 13.3 Å². The summed E-state index contributed by atoms with van der Waals surface area (Å²) in [4.78, 5) is 7.53. The van der Waals surface area contributed by atoms with Crippen LogP contribution in [0, 0.1) is 17.6 Å². The van der Waals surface area contributed by atoms with E-state index in [0.717, 1.165) is 105 Å². The molecule has 276 valence electrons. The van der Waals surface area contributed by atoms with Gasteiger partial charge in [0.25, 0.3) is 0 Å². The second-order valence-corrected chi connectivity index (χ2v) is 16.7. The number of nitrogens with one attached hydrogen (secondary N) is 1. The van der Waals surface area contributed by atoms with Gasteiger partial charge in [-0.1, -0.05) is 99.6 Å². The normalized spacial score (nSPS) is 22.3. The average Bonchev–Trinajstić information content (AvgIpc) is 3.54. The summed E-state index contributed by atoms with van der Waals surface area (Å²) in [6.07, 6.45) is 7.28. The summed E-state index contributed by atoms with van der Waals surface area (Å²) >= 11 is 7.10. The van der Waals surface area contributed by atoms with Gasteiger partial charge in [0, 0.05) is 53.1 Å². The maximum Gasteiger partial charge on any atom is 0.182 e. The van der Waals surface area contributed by atoms with Crippen molar-refractivity contribution >= 4 is 11.6 Å². The van der Waals surface area contributed by atoms with Gasteiger partial charge in [0.1, 0.15) is 42.7 Å². The molecule has 2 fully saturated rings. The zero-order valence-corrected chi connectivity index (χ0v) is 32.3. The molecule has 2 saturated heterocycles. The van der Waals surface area contributed by atoms with Crippen LogP contribution in [0.5, 0.6) is 0 Å². The number of allylic oxidation sites excluding steroid dienone is 2. The molecule has 4 atom stereocenters. The van der Waals surface area contributed by atoms with Crippen LogP contribution >= 0.6 is 11.6 Å². The number of quaternary nitrogens is 1. The summed E-state index contributed by atoms with van der Waals surface area (Å²) in [6, 6.07) is 17.7. The minimum absolute atomic E-state index is 0.239. The number of rotatable bonds is 12. The molecular formula is C46H52ClF2N4+. The summed E-state index contributed by atoms with van der Waals surface area (Å²) in [5.41, 5.74) is 11.5. The first-order valence-electron chi connectivity index (χ1n) is 19.7. The topological polar surface area (TPSA) is 28.2 Å². The summed E-state index contributed by atoms with van der Waals surface area (Å²) in [5, 5.41) is 3.84. The van der Waals surface area contributed by atoms with Crippen molar-refractivity contribution in [2.75, 3.05) is 26.2 Å². The van der Waals surface area contributed by atoms with Gasteiger partial charge in [0.15, 0.2) is 6.04 Å². The Kier molecular flexibility index (Phi) is 9.84. The lowest BCUT2D eigenvalue weighted by Gasteiger charge is -2.33. The Morgan fingerprint density at radius 2 is 1.81 bits per heavy atom. The monoisotopic (exact) mass is 733 g/mol. The molecule has 0 amide bonds. The second kappa shape index (κ2) is 14.4. The van der Waals surface area contributed by atoms with Crippen LogP contribution in [0.2, 0.25) is 5.02 Å². The Morgan fingerprint density at radius 1 is 1.04 bits per heavy atom. The number of aryl methyl sites for hydroxylation is 1. The molecule has 7 heteroatoms. The predicted molar refractivity (Wildman–Crippen MR) is 213 cm³/mol. The number of hydrogen-bond acceptors (Lipinski definition) is 3. The quantitative estimate of drug-likeness (QED) is 0.0893. The number of halogens is 3. The number of aromatic nitrogens is 1. The third-order valence-electron chi connectivity index (χ3n) is 12.5. The molecule has 0 radical (unpaired) electrons. The van der Waals surface area contributed by atoms with Crippen LogP contribution in [0.3, 0.4) is 0 Å². The van der Waals surface area contributed by atoms with Crippen LogP contribution in [0.4, 0.5) is 8.78 Å². The first-order valence-corrected chi connectivity index (χ1v) is 20.1. The van der Waals surface area contributed by atoms with E-state index in [1.165, 1.54) is 28.7 Å². The lowest BCUT2D eigenvalue weighted by Crippen LogP contribution is -2.37. The Morgan fingerprint density at radius 3 is 2.57 bits per heavy atom. The molecule has 4 aliphatic heterocycles. The van der Waals surface area contributed by atoms with Crippen molar-refractivity contribution in [3.8, 4) is 33.5 Å². The molecule has 0 aliphatic carbocycles. The smallest absolute Gasteiger partial charge is 0.182 e. The van der Waals surface area contributed by atoms with E-state index in [2.05, 4.69) is 56.3 Å². The van der Waals surface area contributed by atoms with Gasteiger partial charge in [0.05, 0.1) is 11.1 Å². The predicted octanol–water partition coefficient (Wildman–Crippen LogP) is 11.0. The highest BCUT2D eigenvalue weighted by molar-refractivity contribution is 6.36. The maximum absolute atomic E-state index is 16.8. The van der Waals surface area contributed by atoms with Crippen LogP contribution in [0.15, 0.2) is 79.0 Å². The highest BCUT2D eigenvalue weighted by Crippen LogP contribution is 2.54. The fourth-order valence-electron chi connectivity index (χ4n) is 9.40. The third-order valence-corrected chi connectivity index (χ3v) is 13.0. The standard InChI is InChI=1S/C46H52ClF2N4/c1-6-28(3)14-15-29(4)23-52-19-18-32-21-33(20-31(7-2)40(32)24-52)36-10-8-12-38(44(36)49)37-11-9-13-39(43(37)47)46-41(48)22-34-25-53(27-42(53)45(34)51-46)26-35-17-16-30(5)50-35/h8-13,20-22,29,35,42,50H,3,5-7,14-19,23-27H2,1-2,4H3/q+1. The van der Waals surface area contributed by atoms with Gasteiger partial charge in [-0.2, -0.15) is 0 Å². The van der Waals surface area contributed by atoms with E-state index in [1.54, 1.807) is 18.2 Å². The summed E-state index contributed by atoms with van der Waals surface area (Å²) in [5.74, 6) is -0.0930. The van der Waals surface area contributed by atoms with Gasteiger partial charge >= 0.3 is 0 Å². The summed E-state index contributed by atoms with van der Waals surface area (Å²) < 4.78 is 33.6. The van der Waals surface area contributed by atoms with Crippen molar-refractivity contribution in [3.05, 3.63) is 124 Å². The molecule has 4 aromatic rings. The molecule has 8 rings (SSSR count). The van der Waals surface area contributed by atoms with Crippen LogP contribution in [0.1, 0.15) is 86.9 Å². The zero-order chi connectivity index (χ0) is 37.0. The van der Waals surface area contributed by atoms with Crippen LogP contribution in [-0.2, 0) is 25.9 Å². The van der Waals surface area contributed by atoms with Crippen LogP contribution in [-0.4, -0.2) is 46.6 Å². The van der Waals surface area contributed by atoms with E-state index >= 15 is 8.78 Å². The van der Waals surface area contributed by atoms with E-state index in [0.29, 0.717) is 39.2 Å². The van der Waals surface area contributed by atoms with E-state index in [-0.39, 0.29) is 23.4 Å². The molecule has 5 heterocycles. The lowest BCUT2D eigenvalue weighted by atomic mass is 9.88. The van der Waals surface area contributed by atoms with Gasteiger partial charge in [-0.25, -0.2) is 13.8 Å². The lowest BCUT2D eigenvalue weighted by molar-refractivity contribution is -0.826. The number of fused-ring (bicyclic) bond motifs is 4. The number of nitrogens with zero attached hydrogens (tertiary/aromatic N) is 3. The van der Waals surface area contributed by atoms with Gasteiger partial charge < -0.3 is 9.80 Å². The highest BCUT2D eigenvalue weighted by atomic mass is 35.5. The second-order valence-electron chi connectivity index (χ2n) is 16.3. The minimum Gasteiger partial charge on any atom is -0.381 e. The number of pyridine rings is 1. The van der Waals surface area contributed by atoms with Gasteiger partial charge in [-0.3, -0.25) is 4.90 Å². The molecule has 53 heavy (non-hydrogen) atoms. The Balaban J connectivity index is 1.05. The minimum atomic E-state index is -0.387. The first-order chi connectivity index (χ1) is 25.6. The van der Waals surface area contributed by atoms with E-state index in [9.17, 15) is 0 Å². The Hall–Kier alpha value is -3.84. The maximum atomic E-state index is 16.8. The number of benzene rings is 3. The fraction of sp³-hybridized carbons (Fsp3) is 0.413. The van der Waals surface area contributed by atoms with Crippen molar-refractivity contribution in [2.24, 2.45) is 5.92 Å². The zero-order valence-electron chi connectivity index (χ0n) is 31.5. The van der Waals surface area contributed by atoms with Crippen molar-refractivity contribution in [1.29, 1.82) is 0 Å². The molecule has 1 aromatic heterocycles. The Labute approximate surface area is 319 Å². The average molecular weight is 734 g/mol. The molecule has 4 aliphatic rings. The van der Waals surface area contributed by atoms with Gasteiger partial charge in [-0.05, 0) is 79.2 Å². The fourth-order valence-corrected chi connectivity index (χ4v) is 9.72. The molecular weight excluding hydrogens is 682 g/mol. The number of hydrogen-bond donors (Lipinski definition) is 1. The molecule has 0 bridgehead atoms. The Bertz CT molecular complexity index is 2090. The van der Waals surface area contributed by atoms with Gasteiger partial charge in [0.2, 0.25) is 0 Å². The van der Waals surface area contributed by atoms with Crippen LogP contribution < -0.4 is 5.32 Å². The molecule has 0 saturated carbocycles. The SMILES string of the molecule is C=C(CC)CCC(C)CN1CCc2cc(-c3cccc(-c4cccc(-c5nc6c(cc5F)C[N+]5(CC7CCC(=C)N7)CC65)c4Cl)c3F)cc(CC)c2C1. The first kappa shape index (κ1) is 36.2. The van der Waals surface area contributed by atoms with Crippen molar-refractivity contribution in [2.45, 2.75) is 90.9 Å². The molecule has 1 N–H and O–H groups in total. The highest BCUT2D eigenvalue weighted by Gasteiger charge is 2.63. The molecule has 4 nitrogen and oxygen atoms in total.